The van der Waals surface area contributed by atoms with Gasteiger partial charge in [0.05, 0.1) is 6.54 Å². The molecule has 0 aromatic carbocycles. The third-order valence-electron chi connectivity index (χ3n) is 2.48. The zero-order valence-corrected chi connectivity index (χ0v) is 9.63. The molecule has 0 aromatic rings. The van der Waals surface area contributed by atoms with E-state index in [1.807, 2.05) is 6.92 Å². The summed E-state index contributed by atoms with van der Waals surface area (Å²) in [7, 11) is 0. The molecule has 1 aliphatic heterocycles. The Kier molecular flexibility index (Phi) is 6.55. The van der Waals surface area contributed by atoms with Gasteiger partial charge in [0.15, 0.2) is 0 Å². The van der Waals surface area contributed by atoms with Crippen molar-refractivity contribution in [3.63, 3.8) is 0 Å². The average molecular weight is 247 g/mol. The monoisotopic (exact) mass is 246 g/mol. The van der Waals surface area contributed by atoms with Crippen molar-refractivity contribution in [1.82, 2.24) is 10.2 Å². The summed E-state index contributed by atoms with van der Waals surface area (Å²) in [4.78, 5) is 1.54. The molecule has 92 valence electrons. The zero-order chi connectivity index (χ0) is 10.6. The standard InChI is InChI=1S/C9H17F3N2.ClH/c1-2-3-8-6-13-4-5-14(8)7-9(10,11)12;/h8,13H,2-7H2,1H3;1H. The Morgan fingerprint density at radius 1 is 1.40 bits per heavy atom. The fraction of sp³-hybridized carbons (Fsp3) is 1.00. The zero-order valence-electron chi connectivity index (χ0n) is 8.81. The smallest absolute Gasteiger partial charge is 0.314 e. The lowest BCUT2D eigenvalue weighted by atomic mass is 10.1. The van der Waals surface area contributed by atoms with Crippen LogP contribution in [0.5, 0.6) is 0 Å². The predicted molar refractivity (Wildman–Crippen MR) is 56.4 cm³/mol. The molecule has 0 bridgehead atoms. The van der Waals surface area contributed by atoms with Crippen LogP contribution in [0.1, 0.15) is 19.8 Å². The van der Waals surface area contributed by atoms with Gasteiger partial charge in [0.25, 0.3) is 0 Å². The van der Waals surface area contributed by atoms with E-state index < -0.39 is 12.7 Å². The second-order valence-corrected chi connectivity index (χ2v) is 3.73. The molecule has 0 aromatic heterocycles. The van der Waals surface area contributed by atoms with Gasteiger partial charge in [-0.25, -0.2) is 0 Å². The van der Waals surface area contributed by atoms with Gasteiger partial charge < -0.3 is 5.32 Å². The summed E-state index contributed by atoms with van der Waals surface area (Å²) in [5.41, 5.74) is 0. The summed E-state index contributed by atoms with van der Waals surface area (Å²) in [6.45, 7) is 3.09. The lowest BCUT2D eigenvalue weighted by Gasteiger charge is -2.36. The van der Waals surface area contributed by atoms with E-state index in [1.165, 1.54) is 0 Å². The van der Waals surface area contributed by atoms with Crippen molar-refractivity contribution in [2.45, 2.75) is 32.0 Å². The van der Waals surface area contributed by atoms with E-state index in [1.54, 1.807) is 4.90 Å². The summed E-state index contributed by atoms with van der Waals surface area (Å²) in [6, 6.07) is 0.0513. The van der Waals surface area contributed by atoms with Crippen LogP contribution in [0.3, 0.4) is 0 Å². The molecule has 0 spiro atoms. The molecule has 1 rings (SSSR count). The summed E-state index contributed by atoms with van der Waals surface area (Å²) in [5, 5.41) is 3.13. The van der Waals surface area contributed by atoms with Crippen molar-refractivity contribution in [1.29, 1.82) is 0 Å². The highest BCUT2D eigenvalue weighted by Gasteiger charge is 2.34. The first kappa shape index (κ1) is 15.0. The summed E-state index contributed by atoms with van der Waals surface area (Å²) in [5.74, 6) is 0. The second-order valence-electron chi connectivity index (χ2n) is 3.73. The minimum Gasteiger partial charge on any atom is -0.314 e. The van der Waals surface area contributed by atoms with E-state index in [2.05, 4.69) is 5.32 Å². The number of alkyl halides is 3. The molecule has 6 heteroatoms. The van der Waals surface area contributed by atoms with Crippen LogP contribution in [0.4, 0.5) is 13.2 Å². The van der Waals surface area contributed by atoms with Crippen molar-refractivity contribution in [3.8, 4) is 0 Å². The van der Waals surface area contributed by atoms with E-state index in [9.17, 15) is 13.2 Å². The molecular formula is C9H18ClF3N2. The molecule has 15 heavy (non-hydrogen) atoms. The summed E-state index contributed by atoms with van der Waals surface area (Å²) in [6.07, 6.45) is -2.30. The first-order valence-electron chi connectivity index (χ1n) is 5.04. The van der Waals surface area contributed by atoms with Crippen LogP contribution >= 0.6 is 12.4 Å². The molecule has 1 heterocycles. The molecule has 1 unspecified atom stereocenters. The van der Waals surface area contributed by atoms with E-state index in [0.717, 1.165) is 12.8 Å². The maximum atomic E-state index is 12.2. The Labute approximate surface area is 94.6 Å². The van der Waals surface area contributed by atoms with Gasteiger partial charge in [0.1, 0.15) is 0 Å². The maximum absolute atomic E-state index is 12.2. The largest absolute Gasteiger partial charge is 0.401 e. The Bertz CT molecular complexity index is 173. The number of piperazine rings is 1. The number of rotatable bonds is 3. The molecular weight excluding hydrogens is 229 g/mol. The average Bonchev–Trinajstić information content (AvgIpc) is 2.06. The molecule has 1 saturated heterocycles. The van der Waals surface area contributed by atoms with Crippen molar-refractivity contribution >= 4 is 12.4 Å². The first-order chi connectivity index (χ1) is 6.53. The Morgan fingerprint density at radius 2 is 2.07 bits per heavy atom. The molecule has 0 saturated carbocycles. The van der Waals surface area contributed by atoms with Gasteiger partial charge in [-0.05, 0) is 6.42 Å². The van der Waals surface area contributed by atoms with Gasteiger partial charge in [0.2, 0.25) is 0 Å². The van der Waals surface area contributed by atoms with Crippen LogP contribution in [0.15, 0.2) is 0 Å². The van der Waals surface area contributed by atoms with Gasteiger partial charge in [0, 0.05) is 25.7 Å². The first-order valence-corrected chi connectivity index (χ1v) is 5.04. The van der Waals surface area contributed by atoms with Gasteiger partial charge in [-0.3, -0.25) is 4.90 Å². The van der Waals surface area contributed by atoms with E-state index in [0.29, 0.717) is 19.6 Å². The Balaban J connectivity index is 0.00000196. The van der Waals surface area contributed by atoms with Crippen LogP contribution in [0, 0.1) is 0 Å². The maximum Gasteiger partial charge on any atom is 0.401 e. The molecule has 1 fully saturated rings. The van der Waals surface area contributed by atoms with Crippen molar-refractivity contribution in [2.24, 2.45) is 0 Å². The lowest BCUT2D eigenvalue weighted by molar-refractivity contribution is -0.152. The van der Waals surface area contributed by atoms with Crippen LogP contribution in [0.2, 0.25) is 0 Å². The van der Waals surface area contributed by atoms with E-state index in [-0.39, 0.29) is 18.4 Å². The van der Waals surface area contributed by atoms with Crippen LogP contribution < -0.4 is 5.32 Å². The normalized spacial score (nSPS) is 23.6. The minimum atomic E-state index is -4.07. The van der Waals surface area contributed by atoms with E-state index >= 15 is 0 Å². The van der Waals surface area contributed by atoms with Crippen LogP contribution in [-0.2, 0) is 0 Å². The highest BCUT2D eigenvalue weighted by molar-refractivity contribution is 5.85. The topological polar surface area (TPSA) is 15.3 Å². The van der Waals surface area contributed by atoms with Crippen LogP contribution in [-0.4, -0.2) is 43.3 Å². The van der Waals surface area contributed by atoms with Crippen molar-refractivity contribution in [3.05, 3.63) is 0 Å². The summed E-state index contributed by atoms with van der Waals surface area (Å²) >= 11 is 0. The fourth-order valence-corrected chi connectivity index (χ4v) is 1.86. The lowest BCUT2D eigenvalue weighted by Crippen LogP contribution is -2.53. The molecule has 1 atom stereocenters. The van der Waals surface area contributed by atoms with Gasteiger partial charge in [-0.1, -0.05) is 13.3 Å². The molecule has 1 aliphatic rings. The van der Waals surface area contributed by atoms with Crippen LogP contribution in [0.25, 0.3) is 0 Å². The third-order valence-corrected chi connectivity index (χ3v) is 2.48. The predicted octanol–water partition coefficient (Wildman–Crippen LogP) is 2.04. The highest BCUT2D eigenvalue weighted by atomic mass is 35.5. The molecule has 0 aliphatic carbocycles. The van der Waals surface area contributed by atoms with E-state index in [4.69, 9.17) is 0 Å². The molecule has 1 N–H and O–H groups in total. The van der Waals surface area contributed by atoms with Gasteiger partial charge in [-0.2, -0.15) is 13.2 Å². The molecule has 0 radical (unpaired) electrons. The van der Waals surface area contributed by atoms with Crippen molar-refractivity contribution < 1.29 is 13.2 Å². The third kappa shape index (κ3) is 5.58. The number of nitrogens with one attached hydrogen (secondary N) is 1. The molecule has 2 nitrogen and oxygen atoms in total. The summed E-state index contributed by atoms with van der Waals surface area (Å²) < 4.78 is 36.6. The van der Waals surface area contributed by atoms with Gasteiger partial charge >= 0.3 is 6.18 Å². The SMILES string of the molecule is CCCC1CNCCN1CC(F)(F)F.Cl. The van der Waals surface area contributed by atoms with Crippen molar-refractivity contribution in [2.75, 3.05) is 26.2 Å². The Hall–Kier alpha value is -0.0000000000000000555. The number of halogens is 4. The fourth-order valence-electron chi connectivity index (χ4n) is 1.86. The number of nitrogens with zero attached hydrogens (tertiary/aromatic N) is 1. The molecule has 0 amide bonds. The second kappa shape index (κ2) is 6.55. The highest BCUT2D eigenvalue weighted by Crippen LogP contribution is 2.20. The quantitative estimate of drug-likeness (QED) is 0.820. The number of hydrogen-bond donors (Lipinski definition) is 1. The Morgan fingerprint density at radius 3 is 2.60 bits per heavy atom. The van der Waals surface area contributed by atoms with Gasteiger partial charge in [-0.15, -0.1) is 12.4 Å². The number of hydrogen-bond acceptors (Lipinski definition) is 2. The minimum absolute atomic E-state index is 0.